The zero-order valence-electron chi connectivity index (χ0n) is 7.48. The van der Waals surface area contributed by atoms with E-state index in [0.717, 1.165) is 0 Å². The lowest BCUT2D eigenvalue weighted by Crippen LogP contribution is -2.02. The highest BCUT2D eigenvalue weighted by atomic mass is 32.2. The van der Waals surface area contributed by atoms with Crippen LogP contribution in [-0.2, 0) is 0 Å². The Labute approximate surface area is 85.1 Å². The van der Waals surface area contributed by atoms with Gasteiger partial charge in [0.05, 0.1) is 4.90 Å². The van der Waals surface area contributed by atoms with Gasteiger partial charge in [0.15, 0.2) is 5.78 Å². The molecule has 3 N–H and O–H groups in total. The van der Waals surface area contributed by atoms with Crippen LogP contribution in [0, 0.1) is 0 Å². The second-order valence-electron chi connectivity index (χ2n) is 2.66. The Kier molecular flexibility index (Phi) is 3.14. The van der Waals surface area contributed by atoms with Gasteiger partial charge in [0.2, 0.25) is 0 Å². The highest BCUT2D eigenvalue weighted by Gasteiger charge is 2.08. The lowest BCUT2D eigenvalue weighted by Gasteiger charge is -2.02. The molecule has 14 heavy (non-hydrogen) atoms. The third-order valence-corrected chi connectivity index (χ3v) is 2.32. The van der Waals surface area contributed by atoms with Crippen molar-refractivity contribution >= 4 is 22.8 Å². The third kappa shape index (κ3) is 2.50. The van der Waals surface area contributed by atoms with Gasteiger partial charge < -0.3 is 10.8 Å². The summed E-state index contributed by atoms with van der Waals surface area (Å²) in [5.74, 6) is -0.185. The number of rotatable bonds is 2. The molecule has 0 heterocycles. The van der Waals surface area contributed by atoms with Gasteiger partial charge >= 0.3 is 0 Å². The van der Waals surface area contributed by atoms with Crippen LogP contribution in [0.5, 0.6) is 5.75 Å². The predicted octanol–water partition coefficient (Wildman–Crippen LogP) is 1.77. The molecule has 0 bridgehead atoms. The molecular weight excluding hydrogens is 202 g/mol. The van der Waals surface area contributed by atoms with E-state index in [2.05, 4.69) is 0 Å². The van der Waals surface area contributed by atoms with E-state index in [4.69, 9.17) is 5.73 Å². The minimum Gasteiger partial charge on any atom is -0.507 e. The van der Waals surface area contributed by atoms with Crippen molar-refractivity contribution in [3.05, 3.63) is 23.8 Å². The van der Waals surface area contributed by atoms with Gasteiger partial charge in [-0.05, 0) is 36.9 Å². The number of benzene rings is 1. The molecule has 1 rings (SSSR count). The van der Waals surface area contributed by atoms with Gasteiger partial charge in [0, 0.05) is 5.56 Å². The van der Waals surface area contributed by atoms with E-state index < -0.39 is 5.24 Å². The first kappa shape index (κ1) is 10.6. The molecule has 5 heteroatoms. The number of carbonyl (C=O) groups is 2. The van der Waals surface area contributed by atoms with E-state index in [0.29, 0.717) is 22.2 Å². The summed E-state index contributed by atoms with van der Waals surface area (Å²) < 4.78 is 0. The fourth-order valence-electron chi connectivity index (χ4n) is 0.923. The molecule has 0 unspecified atom stereocenters. The van der Waals surface area contributed by atoms with E-state index in [1.807, 2.05) is 0 Å². The Balaban J connectivity index is 3.08. The first-order valence-electron chi connectivity index (χ1n) is 3.82. The number of phenolic OH excluding ortho intramolecular Hbond substituents is 1. The van der Waals surface area contributed by atoms with Gasteiger partial charge in [0.1, 0.15) is 5.75 Å². The SMILES string of the molecule is CC(=O)c1ccc(O)c(SC(N)=O)c1. The Morgan fingerprint density at radius 2 is 2.07 bits per heavy atom. The van der Waals surface area contributed by atoms with Crippen molar-refractivity contribution in [3.63, 3.8) is 0 Å². The van der Waals surface area contributed by atoms with Crippen LogP contribution in [0.15, 0.2) is 23.1 Å². The Morgan fingerprint density at radius 1 is 1.43 bits per heavy atom. The van der Waals surface area contributed by atoms with E-state index in [-0.39, 0.29) is 11.5 Å². The Hall–Kier alpha value is -1.49. The summed E-state index contributed by atoms with van der Waals surface area (Å²) in [6.45, 7) is 1.41. The standard InChI is InChI=1S/C9H9NO3S/c1-5(11)6-2-3-7(12)8(4-6)14-9(10)13/h2-4,12H,1H3,(H2,10,13). The molecule has 0 radical (unpaired) electrons. The zero-order chi connectivity index (χ0) is 10.7. The van der Waals surface area contributed by atoms with Crippen molar-refractivity contribution in [2.45, 2.75) is 11.8 Å². The van der Waals surface area contributed by atoms with Crippen LogP contribution in [0.3, 0.4) is 0 Å². The van der Waals surface area contributed by atoms with Crippen LogP contribution in [0.4, 0.5) is 4.79 Å². The maximum Gasteiger partial charge on any atom is 0.281 e. The van der Waals surface area contributed by atoms with Gasteiger partial charge in [-0.2, -0.15) is 0 Å². The number of thioether (sulfide) groups is 1. The van der Waals surface area contributed by atoms with Crippen LogP contribution in [0.1, 0.15) is 17.3 Å². The first-order valence-corrected chi connectivity index (χ1v) is 4.63. The minimum absolute atomic E-state index is 0.0567. The van der Waals surface area contributed by atoms with E-state index in [9.17, 15) is 14.7 Å². The van der Waals surface area contributed by atoms with Gasteiger partial charge in [-0.25, -0.2) is 0 Å². The van der Waals surface area contributed by atoms with Gasteiger partial charge in [-0.15, -0.1) is 0 Å². The van der Waals surface area contributed by atoms with E-state index >= 15 is 0 Å². The normalized spacial score (nSPS) is 9.79. The maximum absolute atomic E-state index is 11.0. The van der Waals surface area contributed by atoms with Crippen LogP contribution in [0.2, 0.25) is 0 Å². The molecule has 1 aromatic rings. The number of nitrogens with two attached hydrogens (primary N) is 1. The molecule has 0 aliphatic carbocycles. The highest BCUT2D eigenvalue weighted by molar-refractivity contribution is 8.13. The molecule has 0 aromatic heterocycles. The smallest absolute Gasteiger partial charge is 0.281 e. The monoisotopic (exact) mass is 211 g/mol. The van der Waals surface area contributed by atoms with Crippen molar-refractivity contribution in [3.8, 4) is 5.75 Å². The van der Waals surface area contributed by atoms with Gasteiger partial charge in [-0.3, -0.25) is 9.59 Å². The third-order valence-electron chi connectivity index (χ3n) is 1.58. The van der Waals surface area contributed by atoms with E-state index in [1.165, 1.54) is 25.1 Å². The molecule has 0 saturated carbocycles. The van der Waals surface area contributed by atoms with Crippen molar-refractivity contribution in [2.24, 2.45) is 5.73 Å². The van der Waals surface area contributed by atoms with Gasteiger partial charge in [0.25, 0.3) is 5.24 Å². The number of primary amides is 1. The molecule has 0 spiro atoms. The van der Waals surface area contributed by atoms with Crippen molar-refractivity contribution in [1.82, 2.24) is 0 Å². The van der Waals surface area contributed by atoms with Crippen LogP contribution in [-0.4, -0.2) is 16.1 Å². The molecule has 74 valence electrons. The molecule has 0 atom stereocenters. The second-order valence-corrected chi connectivity index (χ2v) is 3.71. The summed E-state index contributed by atoms with van der Waals surface area (Å²) in [5, 5.41) is 8.70. The lowest BCUT2D eigenvalue weighted by molar-refractivity contribution is 0.101. The molecular formula is C9H9NO3S. The molecule has 4 nitrogen and oxygen atoms in total. The highest BCUT2D eigenvalue weighted by Crippen LogP contribution is 2.29. The lowest BCUT2D eigenvalue weighted by atomic mass is 10.1. The summed E-state index contributed by atoms with van der Waals surface area (Å²) in [6, 6.07) is 4.29. The average molecular weight is 211 g/mol. The molecule has 0 saturated heterocycles. The number of Topliss-reactive ketones (excluding diaryl/α,β-unsaturated/α-hetero) is 1. The summed E-state index contributed by atoms with van der Waals surface area (Å²) in [4.78, 5) is 21.9. The number of hydrogen-bond donors (Lipinski definition) is 2. The molecule has 1 amide bonds. The molecule has 0 aliphatic rings. The minimum atomic E-state index is -0.624. The largest absolute Gasteiger partial charge is 0.507 e. The number of ketones is 1. The summed E-state index contributed by atoms with van der Waals surface area (Å²) in [6.07, 6.45) is 0. The molecule has 1 aromatic carbocycles. The number of aromatic hydroxyl groups is 1. The summed E-state index contributed by atoms with van der Waals surface area (Å²) in [5.41, 5.74) is 5.38. The molecule has 0 aliphatic heterocycles. The van der Waals surface area contributed by atoms with Crippen molar-refractivity contribution < 1.29 is 14.7 Å². The number of hydrogen-bond acceptors (Lipinski definition) is 4. The zero-order valence-corrected chi connectivity index (χ0v) is 8.30. The Morgan fingerprint density at radius 3 is 2.57 bits per heavy atom. The number of amides is 1. The average Bonchev–Trinajstić information content (AvgIpc) is 2.07. The summed E-state index contributed by atoms with van der Waals surface area (Å²) >= 11 is 0.693. The van der Waals surface area contributed by atoms with E-state index in [1.54, 1.807) is 0 Å². The summed E-state index contributed by atoms with van der Waals surface area (Å²) in [7, 11) is 0. The number of carbonyl (C=O) groups excluding carboxylic acids is 2. The number of phenols is 1. The molecule has 0 fully saturated rings. The fourth-order valence-corrected chi connectivity index (χ4v) is 1.50. The van der Waals surface area contributed by atoms with Crippen LogP contribution >= 0.6 is 11.8 Å². The topological polar surface area (TPSA) is 80.4 Å². The van der Waals surface area contributed by atoms with Crippen LogP contribution in [0.25, 0.3) is 0 Å². The quantitative estimate of drug-likeness (QED) is 0.577. The first-order chi connectivity index (χ1) is 6.50. The maximum atomic E-state index is 11.0. The van der Waals surface area contributed by atoms with Crippen LogP contribution < -0.4 is 5.73 Å². The van der Waals surface area contributed by atoms with Crippen molar-refractivity contribution in [2.75, 3.05) is 0 Å². The van der Waals surface area contributed by atoms with Gasteiger partial charge in [-0.1, -0.05) is 0 Å². The second kappa shape index (κ2) is 4.15. The van der Waals surface area contributed by atoms with Crippen molar-refractivity contribution in [1.29, 1.82) is 0 Å². The predicted molar refractivity (Wildman–Crippen MR) is 53.6 cm³/mol. The Bertz CT molecular complexity index is 390. The fraction of sp³-hybridized carbons (Fsp3) is 0.111.